The lowest BCUT2D eigenvalue weighted by Crippen LogP contribution is -2.57. The number of aliphatic hydroxyl groups excluding tert-OH is 1. The Morgan fingerprint density at radius 1 is 0.911 bits per heavy atom. The molecule has 2 unspecified atom stereocenters. The molecule has 45 heavy (non-hydrogen) atoms. The zero-order valence-corrected chi connectivity index (χ0v) is 24.8. The van der Waals surface area contributed by atoms with Crippen LogP contribution < -0.4 is 0 Å². The van der Waals surface area contributed by atoms with Gasteiger partial charge in [0, 0.05) is 29.1 Å². The zero-order valence-electron chi connectivity index (χ0n) is 24.0. The zero-order chi connectivity index (χ0) is 32.8. The summed E-state index contributed by atoms with van der Waals surface area (Å²) in [4.78, 5) is 19.9. The molecule has 14 heteroatoms. The van der Waals surface area contributed by atoms with Gasteiger partial charge in [-0.15, -0.1) is 0 Å². The van der Waals surface area contributed by atoms with Gasteiger partial charge >= 0.3 is 18.0 Å². The standard InChI is InChI=1S/C31H31F7N2O4S/c1-19(41)26-9-12-27(13-10-26,14-11-26)25(42)40-17-15-28(45(43,44)24-4-2-3-16-39-24)22-7-6-21(18-20(22)5-8-23(28)40)29(32,30(33,34)35)31(36,37)38/h2-4,6-7,16,18,23,41H,1,5,8-15,17H2. The highest BCUT2D eigenvalue weighted by atomic mass is 32.2. The molecule has 4 fully saturated rings. The molecular formula is C31H31F7N2O4S. The molecule has 2 aromatic rings. The average molecular weight is 661 g/mol. The number of hydrogen-bond acceptors (Lipinski definition) is 5. The second kappa shape index (κ2) is 9.92. The first kappa shape index (κ1) is 31.8. The number of benzene rings is 1. The summed E-state index contributed by atoms with van der Waals surface area (Å²) in [5, 5.41) is 9.86. The Bertz CT molecular complexity index is 1620. The number of hydrogen-bond donors (Lipinski definition) is 1. The molecule has 1 amide bonds. The van der Waals surface area contributed by atoms with E-state index in [1.165, 1.54) is 29.3 Å². The van der Waals surface area contributed by atoms with Crippen LogP contribution in [-0.2, 0) is 31.5 Å². The number of carbonyl (C=O) groups is 1. The lowest BCUT2D eigenvalue weighted by molar-refractivity contribution is -0.348. The summed E-state index contributed by atoms with van der Waals surface area (Å²) >= 11 is 0. The van der Waals surface area contributed by atoms with Crippen LogP contribution in [0.2, 0.25) is 0 Å². The summed E-state index contributed by atoms with van der Waals surface area (Å²) in [5.41, 5.74) is -8.83. The Balaban J connectivity index is 1.46. The van der Waals surface area contributed by atoms with Crippen molar-refractivity contribution in [3.8, 4) is 0 Å². The first-order chi connectivity index (χ1) is 20.9. The number of likely N-dealkylation sites (tertiary alicyclic amines) is 1. The van der Waals surface area contributed by atoms with Crippen LogP contribution >= 0.6 is 0 Å². The summed E-state index contributed by atoms with van der Waals surface area (Å²) in [5.74, 6) is -0.166. The van der Waals surface area contributed by atoms with Gasteiger partial charge in [0.15, 0.2) is 5.03 Å². The molecular weight excluding hydrogens is 629 g/mol. The lowest BCUT2D eigenvalue weighted by atomic mass is 9.52. The van der Waals surface area contributed by atoms with Crippen LogP contribution in [0.5, 0.6) is 0 Å². The number of fused-ring (bicyclic) bond motifs is 6. The van der Waals surface area contributed by atoms with E-state index in [-0.39, 0.29) is 53.6 Å². The maximum absolute atomic E-state index is 15.1. The Kier molecular flexibility index (Phi) is 7.01. The molecule has 0 spiro atoms. The van der Waals surface area contributed by atoms with Crippen molar-refractivity contribution in [2.45, 2.75) is 91.6 Å². The number of nitrogens with zero attached hydrogens (tertiary/aromatic N) is 2. The van der Waals surface area contributed by atoms with Crippen molar-refractivity contribution in [3.63, 3.8) is 0 Å². The predicted octanol–water partition coefficient (Wildman–Crippen LogP) is 7.00. The third-order valence-electron chi connectivity index (χ3n) is 11.0. The Morgan fingerprint density at radius 3 is 2.04 bits per heavy atom. The normalized spacial score (nSPS) is 30.1. The van der Waals surface area contributed by atoms with Crippen LogP contribution in [0.3, 0.4) is 0 Å². The molecule has 1 aromatic carbocycles. The fourth-order valence-electron chi connectivity index (χ4n) is 8.41. The molecule has 2 bridgehead atoms. The van der Waals surface area contributed by atoms with Gasteiger partial charge in [-0.3, -0.25) is 4.79 Å². The second-order valence-corrected chi connectivity index (χ2v) is 15.1. The van der Waals surface area contributed by atoms with Gasteiger partial charge in [-0.2, -0.15) is 26.3 Å². The van der Waals surface area contributed by atoms with Crippen LogP contribution in [0.25, 0.3) is 0 Å². The number of rotatable bonds is 5. The van der Waals surface area contributed by atoms with Crippen molar-refractivity contribution in [1.82, 2.24) is 9.88 Å². The molecule has 2 atom stereocenters. The minimum Gasteiger partial charge on any atom is -0.512 e. The Hall–Kier alpha value is -3.16. The van der Waals surface area contributed by atoms with Gasteiger partial charge in [0.2, 0.25) is 15.7 Å². The number of aromatic nitrogens is 1. The predicted molar refractivity (Wildman–Crippen MR) is 147 cm³/mol. The third kappa shape index (κ3) is 4.22. The molecule has 244 valence electrons. The van der Waals surface area contributed by atoms with Gasteiger partial charge in [-0.1, -0.05) is 30.8 Å². The smallest absolute Gasteiger partial charge is 0.435 e. The molecule has 1 aromatic heterocycles. The highest BCUT2D eigenvalue weighted by molar-refractivity contribution is 7.92. The summed E-state index contributed by atoms with van der Waals surface area (Å²) in [6.07, 6.45) is -8.85. The number of sulfone groups is 1. The van der Waals surface area contributed by atoms with Crippen LogP contribution in [0.15, 0.2) is 60.0 Å². The van der Waals surface area contributed by atoms with Crippen LogP contribution in [0.4, 0.5) is 30.7 Å². The SMILES string of the molecule is C=C(O)C12CCC(C(=O)N3CCC4(S(=O)(=O)c5ccccn5)c5ccc(C(F)(C(F)(F)F)C(F)(F)F)cc5CCC34)(CC1)CC2. The van der Waals surface area contributed by atoms with Gasteiger partial charge in [0.25, 0.3) is 0 Å². The quantitative estimate of drug-likeness (QED) is 0.276. The molecule has 7 rings (SSSR count). The fraction of sp³-hybridized carbons (Fsp3) is 0.548. The van der Waals surface area contributed by atoms with E-state index in [4.69, 9.17) is 0 Å². The van der Waals surface area contributed by atoms with E-state index in [1.807, 2.05) is 0 Å². The summed E-state index contributed by atoms with van der Waals surface area (Å²) in [6.45, 7) is 3.70. The Labute approximate surface area is 255 Å². The minimum absolute atomic E-state index is 0.0193. The highest BCUT2D eigenvalue weighted by Gasteiger charge is 2.74. The lowest BCUT2D eigenvalue weighted by Gasteiger charge is -2.53. The van der Waals surface area contributed by atoms with Crippen LogP contribution in [0.1, 0.15) is 68.1 Å². The topological polar surface area (TPSA) is 87.6 Å². The number of alkyl halides is 7. The summed E-state index contributed by atoms with van der Waals surface area (Å²) < 4.78 is 124. The van der Waals surface area contributed by atoms with Gasteiger partial charge < -0.3 is 10.0 Å². The number of allylic oxidation sites excluding steroid dienone is 1. The van der Waals surface area contributed by atoms with E-state index >= 15 is 4.39 Å². The number of pyridine rings is 1. The summed E-state index contributed by atoms with van der Waals surface area (Å²) in [7, 11) is -4.50. The van der Waals surface area contributed by atoms with E-state index in [9.17, 15) is 44.7 Å². The molecule has 3 saturated carbocycles. The van der Waals surface area contributed by atoms with Gasteiger partial charge in [-0.25, -0.2) is 17.8 Å². The number of aryl methyl sites for hydroxylation is 1. The van der Waals surface area contributed by atoms with Crippen LogP contribution in [0, 0.1) is 10.8 Å². The molecule has 4 aliphatic carbocycles. The molecule has 2 heterocycles. The van der Waals surface area contributed by atoms with E-state index in [0.29, 0.717) is 50.7 Å². The number of carbonyl (C=O) groups excluding carboxylic acids is 1. The Morgan fingerprint density at radius 2 is 1.51 bits per heavy atom. The molecule has 0 radical (unpaired) electrons. The van der Waals surface area contributed by atoms with E-state index < -0.39 is 55.0 Å². The van der Waals surface area contributed by atoms with Gasteiger partial charge in [0.1, 0.15) is 4.75 Å². The molecule has 1 saturated heterocycles. The highest BCUT2D eigenvalue weighted by Crippen LogP contribution is 2.62. The fourth-order valence-corrected chi connectivity index (χ4v) is 10.7. The van der Waals surface area contributed by atoms with Gasteiger partial charge in [-0.05, 0) is 81.0 Å². The molecule has 1 aliphatic heterocycles. The third-order valence-corrected chi connectivity index (χ3v) is 13.5. The average Bonchev–Trinajstić information content (AvgIpc) is 3.41. The first-order valence-electron chi connectivity index (χ1n) is 14.7. The maximum atomic E-state index is 15.1. The summed E-state index contributed by atoms with van der Waals surface area (Å²) in [6, 6.07) is 4.84. The second-order valence-electron chi connectivity index (χ2n) is 12.9. The number of amides is 1. The molecule has 1 N–H and O–H groups in total. The van der Waals surface area contributed by atoms with Crippen molar-refractivity contribution in [3.05, 3.63) is 71.6 Å². The maximum Gasteiger partial charge on any atom is 0.435 e. The first-order valence-corrected chi connectivity index (χ1v) is 16.2. The van der Waals surface area contributed by atoms with Crippen molar-refractivity contribution < 1.29 is 49.1 Å². The van der Waals surface area contributed by atoms with Crippen molar-refractivity contribution in [1.29, 1.82) is 0 Å². The van der Waals surface area contributed by atoms with Crippen molar-refractivity contribution >= 4 is 15.7 Å². The van der Waals surface area contributed by atoms with E-state index in [0.717, 1.165) is 6.07 Å². The van der Waals surface area contributed by atoms with Gasteiger partial charge in [0.05, 0.1) is 11.8 Å². The molecule has 6 nitrogen and oxygen atoms in total. The number of halogens is 7. The minimum atomic E-state index is -6.33. The molecule has 5 aliphatic rings. The number of aliphatic hydroxyl groups is 1. The largest absolute Gasteiger partial charge is 0.512 e. The van der Waals surface area contributed by atoms with E-state index in [1.54, 1.807) is 0 Å². The van der Waals surface area contributed by atoms with Crippen LogP contribution in [-0.4, -0.2) is 54.3 Å². The monoisotopic (exact) mass is 660 g/mol. The van der Waals surface area contributed by atoms with Crippen molar-refractivity contribution in [2.24, 2.45) is 10.8 Å². The van der Waals surface area contributed by atoms with E-state index in [2.05, 4.69) is 11.6 Å². The van der Waals surface area contributed by atoms with Crippen molar-refractivity contribution in [2.75, 3.05) is 6.54 Å².